The minimum absolute atomic E-state index is 0.0755. The van der Waals surface area contributed by atoms with Crippen molar-refractivity contribution < 1.29 is 4.79 Å². The van der Waals surface area contributed by atoms with Crippen LogP contribution in [-0.2, 0) is 0 Å². The van der Waals surface area contributed by atoms with Gasteiger partial charge in [0.1, 0.15) is 5.82 Å². The average molecular weight is 304 g/mol. The van der Waals surface area contributed by atoms with Gasteiger partial charge in [-0.25, -0.2) is 9.97 Å². The Balaban J connectivity index is 2.26. The van der Waals surface area contributed by atoms with Gasteiger partial charge in [0.2, 0.25) is 0 Å². The first kappa shape index (κ1) is 16.9. The fourth-order valence-corrected chi connectivity index (χ4v) is 3.27. The van der Waals surface area contributed by atoms with Gasteiger partial charge in [0, 0.05) is 25.3 Å². The number of hydrogen-bond acceptors (Lipinski definition) is 4. The lowest BCUT2D eigenvalue weighted by Crippen LogP contribution is -2.36. The Labute approximate surface area is 133 Å². The van der Waals surface area contributed by atoms with Gasteiger partial charge in [0.25, 0.3) is 5.91 Å². The first-order valence-electron chi connectivity index (χ1n) is 8.14. The molecule has 1 aliphatic heterocycles. The van der Waals surface area contributed by atoms with E-state index in [1.807, 2.05) is 11.8 Å². The van der Waals surface area contributed by atoms with Crippen LogP contribution in [0.5, 0.6) is 0 Å². The summed E-state index contributed by atoms with van der Waals surface area (Å²) in [5, 5.41) is 0. The molecule has 2 atom stereocenters. The fourth-order valence-electron chi connectivity index (χ4n) is 3.27. The molecule has 122 valence electrons. The molecule has 5 heteroatoms. The maximum absolute atomic E-state index is 12.9. The number of carbonyl (C=O) groups excluding carboxylic acids is 1. The first-order valence-corrected chi connectivity index (χ1v) is 8.14. The van der Waals surface area contributed by atoms with Crippen LogP contribution < -0.4 is 0 Å². The van der Waals surface area contributed by atoms with Crippen LogP contribution in [0, 0.1) is 12.8 Å². The molecule has 0 N–H and O–H groups in total. The molecule has 1 saturated heterocycles. The van der Waals surface area contributed by atoms with Gasteiger partial charge < -0.3 is 9.80 Å². The van der Waals surface area contributed by atoms with Gasteiger partial charge >= 0.3 is 0 Å². The van der Waals surface area contributed by atoms with Crippen molar-refractivity contribution in [3.05, 3.63) is 23.3 Å². The second-order valence-corrected chi connectivity index (χ2v) is 6.78. The Morgan fingerprint density at radius 2 is 2.09 bits per heavy atom. The van der Waals surface area contributed by atoms with Crippen LogP contribution in [0.2, 0.25) is 0 Å². The smallest absolute Gasteiger partial charge is 0.257 e. The predicted molar refractivity (Wildman–Crippen MR) is 88.0 cm³/mol. The topological polar surface area (TPSA) is 49.3 Å². The molecule has 0 unspecified atom stereocenters. The van der Waals surface area contributed by atoms with Crippen molar-refractivity contribution >= 4 is 5.91 Å². The van der Waals surface area contributed by atoms with E-state index in [-0.39, 0.29) is 11.8 Å². The van der Waals surface area contributed by atoms with Gasteiger partial charge in [0.05, 0.1) is 11.3 Å². The fraction of sp³-hybridized carbons (Fsp3) is 0.706. The Bertz CT molecular complexity index is 541. The highest BCUT2D eigenvalue weighted by atomic mass is 16.2. The lowest BCUT2D eigenvalue weighted by molar-refractivity contribution is 0.0778. The molecule has 22 heavy (non-hydrogen) atoms. The molecule has 0 radical (unpaired) electrons. The second kappa shape index (κ2) is 6.73. The quantitative estimate of drug-likeness (QED) is 0.856. The summed E-state index contributed by atoms with van der Waals surface area (Å²) < 4.78 is 0. The van der Waals surface area contributed by atoms with Crippen LogP contribution in [0.15, 0.2) is 6.20 Å². The van der Waals surface area contributed by atoms with E-state index in [1.54, 1.807) is 6.20 Å². The van der Waals surface area contributed by atoms with Crippen LogP contribution in [0.25, 0.3) is 0 Å². The molecule has 0 aliphatic carbocycles. The van der Waals surface area contributed by atoms with E-state index >= 15 is 0 Å². The maximum atomic E-state index is 12.9. The third-order valence-corrected chi connectivity index (χ3v) is 4.60. The summed E-state index contributed by atoms with van der Waals surface area (Å²) in [5.74, 6) is 1.55. The summed E-state index contributed by atoms with van der Waals surface area (Å²) in [6, 6.07) is 0.433. The number of amides is 1. The summed E-state index contributed by atoms with van der Waals surface area (Å²) in [5.41, 5.74) is 1.52. The Morgan fingerprint density at radius 3 is 2.59 bits per heavy atom. The summed E-state index contributed by atoms with van der Waals surface area (Å²) in [6.07, 6.45) is 2.79. The highest BCUT2D eigenvalue weighted by Gasteiger charge is 2.36. The van der Waals surface area contributed by atoms with E-state index in [2.05, 4.69) is 49.7 Å². The normalized spacial score (nSPS) is 21.9. The highest BCUT2D eigenvalue weighted by Crippen LogP contribution is 2.26. The van der Waals surface area contributed by atoms with Crippen LogP contribution in [0.1, 0.15) is 55.0 Å². The molecule has 0 spiro atoms. The molecule has 0 saturated carbocycles. The standard InChI is InChI=1S/C17H28N4O/c1-7-13-9-21(10-15(13)20(5)6)17(22)14-8-18-12(4)19-16(14)11(2)3/h8,11,13,15H,7,9-10H2,1-6H3/t13-,15+/m0/s1. The van der Waals surface area contributed by atoms with Crippen LogP contribution in [0.3, 0.4) is 0 Å². The van der Waals surface area contributed by atoms with Crippen LogP contribution >= 0.6 is 0 Å². The SMILES string of the molecule is CC[C@H]1CN(C(=O)c2cnc(C)nc2C(C)C)C[C@H]1N(C)C. The number of aromatic nitrogens is 2. The number of rotatable bonds is 4. The zero-order valence-electron chi connectivity index (χ0n) is 14.6. The van der Waals surface area contributed by atoms with Crippen LogP contribution in [0.4, 0.5) is 0 Å². The number of aryl methyl sites for hydroxylation is 1. The van der Waals surface area contributed by atoms with Gasteiger partial charge in [-0.05, 0) is 32.9 Å². The molecule has 1 aliphatic rings. The van der Waals surface area contributed by atoms with Crippen molar-refractivity contribution in [2.75, 3.05) is 27.2 Å². The maximum Gasteiger partial charge on any atom is 0.257 e. The lowest BCUT2D eigenvalue weighted by atomic mass is 10.0. The molecule has 1 aromatic heterocycles. The Morgan fingerprint density at radius 1 is 1.41 bits per heavy atom. The Kier molecular flexibility index (Phi) is 5.16. The van der Waals surface area contributed by atoms with Gasteiger partial charge in [-0.1, -0.05) is 27.2 Å². The average Bonchev–Trinajstić information content (AvgIpc) is 2.90. The molecule has 1 aromatic rings. The van der Waals surface area contributed by atoms with E-state index in [1.165, 1.54) is 0 Å². The zero-order chi connectivity index (χ0) is 16.4. The largest absolute Gasteiger partial charge is 0.337 e. The molecule has 1 amide bonds. The zero-order valence-corrected chi connectivity index (χ0v) is 14.6. The molecule has 0 bridgehead atoms. The third kappa shape index (κ3) is 3.29. The van der Waals surface area contributed by atoms with Gasteiger partial charge in [-0.2, -0.15) is 0 Å². The van der Waals surface area contributed by atoms with Crippen molar-refractivity contribution in [2.45, 2.75) is 46.1 Å². The van der Waals surface area contributed by atoms with Gasteiger partial charge in [0.15, 0.2) is 0 Å². The van der Waals surface area contributed by atoms with E-state index in [0.29, 0.717) is 17.5 Å². The van der Waals surface area contributed by atoms with Crippen molar-refractivity contribution in [3.8, 4) is 0 Å². The molecule has 2 heterocycles. The van der Waals surface area contributed by atoms with E-state index in [9.17, 15) is 4.79 Å². The van der Waals surface area contributed by atoms with E-state index < -0.39 is 0 Å². The minimum Gasteiger partial charge on any atom is -0.337 e. The molecule has 5 nitrogen and oxygen atoms in total. The highest BCUT2D eigenvalue weighted by molar-refractivity contribution is 5.95. The molecule has 2 rings (SSSR count). The summed E-state index contributed by atoms with van der Waals surface area (Å²) in [6.45, 7) is 9.81. The van der Waals surface area contributed by atoms with Crippen molar-refractivity contribution in [1.82, 2.24) is 19.8 Å². The summed E-state index contributed by atoms with van der Waals surface area (Å²) in [4.78, 5) is 25.9. The summed E-state index contributed by atoms with van der Waals surface area (Å²) in [7, 11) is 4.19. The van der Waals surface area contributed by atoms with Crippen molar-refractivity contribution in [2.24, 2.45) is 5.92 Å². The summed E-state index contributed by atoms with van der Waals surface area (Å²) >= 11 is 0. The van der Waals surface area contributed by atoms with E-state index in [4.69, 9.17) is 0 Å². The van der Waals surface area contributed by atoms with Crippen LogP contribution in [-0.4, -0.2) is 58.9 Å². The first-order chi connectivity index (χ1) is 10.3. The molecule has 1 fully saturated rings. The molecular weight excluding hydrogens is 276 g/mol. The number of nitrogens with zero attached hydrogens (tertiary/aromatic N) is 4. The number of likely N-dealkylation sites (N-methyl/N-ethyl adjacent to an activating group) is 1. The van der Waals surface area contributed by atoms with Crippen molar-refractivity contribution in [1.29, 1.82) is 0 Å². The number of likely N-dealkylation sites (tertiary alicyclic amines) is 1. The minimum atomic E-state index is 0.0755. The third-order valence-electron chi connectivity index (χ3n) is 4.60. The lowest BCUT2D eigenvalue weighted by Gasteiger charge is -2.24. The van der Waals surface area contributed by atoms with Gasteiger partial charge in [-0.3, -0.25) is 4.79 Å². The number of carbonyl (C=O) groups is 1. The monoisotopic (exact) mass is 304 g/mol. The van der Waals surface area contributed by atoms with Crippen molar-refractivity contribution in [3.63, 3.8) is 0 Å². The van der Waals surface area contributed by atoms with E-state index in [0.717, 1.165) is 31.0 Å². The Hall–Kier alpha value is -1.49. The number of hydrogen-bond donors (Lipinski definition) is 0. The second-order valence-electron chi connectivity index (χ2n) is 6.78. The molecular formula is C17H28N4O. The molecule has 0 aromatic carbocycles. The predicted octanol–water partition coefficient (Wildman–Crippen LogP) is 2.32. The van der Waals surface area contributed by atoms with Gasteiger partial charge in [-0.15, -0.1) is 0 Å².